The number of hydrogen-bond acceptors (Lipinski definition) is 0. The first-order valence-electron chi connectivity index (χ1n) is 6.64. The minimum Gasteiger partial charge on any atom is -0.368 e. The number of nitrogens with one attached hydrogen (secondary N) is 1. The second-order valence-corrected chi connectivity index (χ2v) is 4.47. The van der Waals surface area contributed by atoms with Crippen LogP contribution in [0.25, 0.3) is 16.6 Å². The predicted octanol–water partition coefficient (Wildman–Crippen LogP) is 4.65. The second-order valence-electron chi connectivity index (χ2n) is 4.47. The third-order valence-electron chi connectivity index (χ3n) is 3.13. The summed E-state index contributed by atoms with van der Waals surface area (Å²) < 4.78 is 2.20. The lowest BCUT2D eigenvalue weighted by atomic mass is 10.2. The van der Waals surface area contributed by atoms with Gasteiger partial charge in [-0.1, -0.05) is 36.4 Å². The van der Waals surface area contributed by atoms with Crippen molar-refractivity contribution in [3.8, 4) is 5.69 Å². The van der Waals surface area contributed by atoms with Gasteiger partial charge in [0.1, 0.15) is 0 Å². The monoisotopic (exact) mass is 260 g/mol. The van der Waals surface area contributed by atoms with E-state index in [1.807, 2.05) is 30.6 Å². The van der Waals surface area contributed by atoms with Gasteiger partial charge in [0, 0.05) is 24.3 Å². The van der Waals surface area contributed by atoms with E-state index in [1.165, 1.54) is 16.6 Å². The fourth-order valence-electron chi connectivity index (χ4n) is 2.17. The van der Waals surface area contributed by atoms with Crippen LogP contribution < -0.4 is 0 Å². The van der Waals surface area contributed by atoms with Gasteiger partial charge >= 0.3 is 0 Å². The molecule has 20 heavy (non-hydrogen) atoms. The Morgan fingerprint density at radius 1 is 0.650 bits per heavy atom. The van der Waals surface area contributed by atoms with Crippen LogP contribution in [0.5, 0.6) is 0 Å². The Kier molecular flexibility index (Phi) is 3.65. The van der Waals surface area contributed by atoms with E-state index in [1.54, 1.807) is 0 Å². The summed E-state index contributed by atoms with van der Waals surface area (Å²) in [5.41, 5.74) is 2.46. The smallest absolute Gasteiger partial charge is 0.0528 e. The molecule has 2 aromatic heterocycles. The minimum atomic E-state index is 1.21. The number of nitrogens with zero attached hydrogens (tertiary/aromatic N) is 1. The van der Waals surface area contributed by atoms with Gasteiger partial charge in [-0.15, -0.1) is 0 Å². The fourth-order valence-corrected chi connectivity index (χ4v) is 2.17. The molecular formula is C18H16N2. The Labute approximate surface area is 118 Å². The number of hydrogen-bond donors (Lipinski definition) is 1. The first kappa shape index (κ1) is 12.3. The van der Waals surface area contributed by atoms with Crippen LogP contribution in [0.4, 0.5) is 0 Å². The lowest BCUT2D eigenvalue weighted by Crippen LogP contribution is -1.89. The molecule has 4 aromatic rings. The Morgan fingerprint density at radius 3 is 2.05 bits per heavy atom. The molecule has 0 saturated heterocycles. The molecular weight excluding hydrogens is 244 g/mol. The zero-order valence-corrected chi connectivity index (χ0v) is 11.1. The summed E-state index contributed by atoms with van der Waals surface area (Å²) in [4.78, 5) is 2.86. The topological polar surface area (TPSA) is 20.7 Å². The number of rotatable bonds is 1. The van der Waals surface area contributed by atoms with E-state index in [0.29, 0.717) is 0 Å². The van der Waals surface area contributed by atoms with Crippen molar-refractivity contribution in [1.29, 1.82) is 0 Å². The van der Waals surface area contributed by atoms with Crippen molar-refractivity contribution < 1.29 is 0 Å². The lowest BCUT2D eigenvalue weighted by Gasteiger charge is -2.04. The zero-order valence-electron chi connectivity index (χ0n) is 11.1. The van der Waals surface area contributed by atoms with Crippen molar-refractivity contribution in [3.05, 3.63) is 91.4 Å². The van der Waals surface area contributed by atoms with Gasteiger partial charge in [-0.3, -0.25) is 0 Å². The van der Waals surface area contributed by atoms with E-state index >= 15 is 0 Å². The maximum absolute atomic E-state index is 2.86. The van der Waals surface area contributed by atoms with Crippen LogP contribution in [0.2, 0.25) is 0 Å². The summed E-state index contributed by atoms with van der Waals surface area (Å²) in [6, 6.07) is 24.8. The molecule has 2 heterocycles. The number of aromatic nitrogens is 2. The molecule has 2 aromatic carbocycles. The zero-order chi connectivity index (χ0) is 13.6. The summed E-state index contributed by atoms with van der Waals surface area (Å²) in [7, 11) is 0. The standard InChI is InChI=1S/C14H11N.C4H5N/c1-2-7-13(8-3-1)15-11-10-12-6-4-5-9-14(12)15;1-2-4-5-3-1/h1-11H;1-5H. The van der Waals surface area contributed by atoms with Gasteiger partial charge in [-0.2, -0.15) is 0 Å². The molecule has 0 aliphatic heterocycles. The van der Waals surface area contributed by atoms with Gasteiger partial charge in [-0.05, 0) is 41.8 Å². The normalized spacial score (nSPS) is 10.0. The first-order chi connectivity index (χ1) is 9.95. The van der Waals surface area contributed by atoms with Gasteiger partial charge in [0.2, 0.25) is 0 Å². The van der Waals surface area contributed by atoms with Gasteiger partial charge in [0.15, 0.2) is 0 Å². The van der Waals surface area contributed by atoms with Crippen LogP contribution in [0.1, 0.15) is 0 Å². The lowest BCUT2D eigenvalue weighted by molar-refractivity contribution is 1.13. The van der Waals surface area contributed by atoms with Gasteiger partial charge in [-0.25, -0.2) is 0 Å². The third kappa shape index (κ3) is 2.64. The van der Waals surface area contributed by atoms with Crippen LogP contribution in [-0.2, 0) is 0 Å². The molecule has 0 fully saturated rings. The Bertz CT molecular complexity index is 735. The van der Waals surface area contributed by atoms with Crippen LogP contribution in [0, 0.1) is 0 Å². The van der Waals surface area contributed by atoms with Crippen molar-refractivity contribution in [3.63, 3.8) is 0 Å². The molecule has 2 nitrogen and oxygen atoms in total. The van der Waals surface area contributed by atoms with E-state index in [4.69, 9.17) is 0 Å². The van der Waals surface area contributed by atoms with Crippen molar-refractivity contribution in [2.24, 2.45) is 0 Å². The molecule has 0 amide bonds. The van der Waals surface area contributed by atoms with Crippen LogP contribution in [0.15, 0.2) is 91.4 Å². The van der Waals surface area contributed by atoms with Crippen molar-refractivity contribution >= 4 is 10.9 Å². The molecule has 2 heteroatoms. The first-order valence-corrected chi connectivity index (χ1v) is 6.64. The summed E-state index contributed by atoms with van der Waals surface area (Å²) in [6.45, 7) is 0. The highest BCUT2D eigenvalue weighted by molar-refractivity contribution is 5.81. The van der Waals surface area contributed by atoms with Gasteiger partial charge < -0.3 is 9.55 Å². The molecule has 98 valence electrons. The third-order valence-corrected chi connectivity index (χ3v) is 3.13. The summed E-state index contributed by atoms with van der Waals surface area (Å²) in [6.07, 6.45) is 5.86. The molecule has 0 aliphatic carbocycles. The number of fused-ring (bicyclic) bond motifs is 1. The second kappa shape index (κ2) is 5.93. The van der Waals surface area contributed by atoms with Crippen LogP contribution in [0.3, 0.4) is 0 Å². The van der Waals surface area contributed by atoms with E-state index < -0.39 is 0 Å². The highest BCUT2D eigenvalue weighted by atomic mass is 15.0. The van der Waals surface area contributed by atoms with Crippen LogP contribution in [-0.4, -0.2) is 9.55 Å². The molecule has 0 saturated carbocycles. The highest BCUT2D eigenvalue weighted by Gasteiger charge is 2.00. The number of benzene rings is 2. The quantitative estimate of drug-likeness (QED) is 0.514. The number of H-pyrrole nitrogens is 1. The average molecular weight is 260 g/mol. The number of aromatic amines is 1. The van der Waals surface area contributed by atoms with E-state index in [2.05, 4.69) is 70.3 Å². The maximum Gasteiger partial charge on any atom is 0.0528 e. The molecule has 0 spiro atoms. The summed E-state index contributed by atoms with van der Waals surface area (Å²) >= 11 is 0. The predicted molar refractivity (Wildman–Crippen MR) is 84.1 cm³/mol. The van der Waals surface area contributed by atoms with Crippen LogP contribution >= 0.6 is 0 Å². The Balaban J connectivity index is 0.000000205. The SMILES string of the molecule is c1cc[nH]c1.c1ccc(-n2ccc3ccccc32)cc1. The van der Waals surface area contributed by atoms with E-state index in [9.17, 15) is 0 Å². The molecule has 1 N–H and O–H groups in total. The summed E-state index contributed by atoms with van der Waals surface area (Å²) in [5, 5.41) is 1.28. The largest absolute Gasteiger partial charge is 0.368 e. The molecule has 0 unspecified atom stereocenters. The molecule has 0 aliphatic rings. The fraction of sp³-hybridized carbons (Fsp3) is 0. The molecule has 0 atom stereocenters. The average Bonchev–Trinajstić information content (AvgIpc) is 3.21. The molecule has 4 rings (SSSR count). The highest BCUT2D eigenvalue weighted by Crippen LogP contribution is 2.19. The van der Waals surface area contributed by atoms with E-state index in [-0.39, 0.29) is 0 Å². The molecule has 0 radical (unpaired) electrons. The number of para-hydroxylation sites is 2. The minimum absolute atomic E-state index is 1.21. The molecule has 0 bridgehead atoms. The van der Waals surface area contributed by atoms with E-state index in [0.717, 1.165) is 0 Å². The van der Waals surface area contributed by atoms with Crippen molar-refractivity contribution in [1.82, 2.24) is 9.55 Å². The Hall–Kier alpha value is -2.74. The summed E-state index contributed by atoms with van der Waals surface area (Å²) in [5.74, 6) is 0. The Morgan fingerprint density at radius 2 is 1.35 bits per heavy atom. The maximum atomic E-state index is 2.86. The van der Waals surface area contributed by atoms with Crippen molar-refractivity contribution in [2.75, 3.05) is 0 Å². The van der Waals surface area contributed by atoms with Gasteiger partial charge in [0.05, 0.1) is 5.52 Å². The van der Waals surface area contributed by atoms with Crippen molar-refractivity contribution in [2.45, 2.75) is 0 Å². The van der Waals surface area contributed by atoms with Gasteiger partial charge in [0.25, 0.3) is 0 Å².